The fraction of sp³-hybridized carbons (Fsp3) is 0.312. The summed E-state index contributed by atoms with van der Waals surface area (Å²) in [6, 6.07) is 0. The average molecular weight is 278 g/mol. The highest BCUT2D eigenvalue weighted by molar-refractivity contribution is 5.84. The second-order valence-corrected chi connectivity index (χ2v) is 4.23. The van der Waals surface area contributed by atoms with Gasteiger partial charge < -0.3 is 15.3 Å². The van der Waals surface area contributed by atoms with E-state index in [0.29, 0.717) is 0 Å². The van der Waals surface area contributed by atoms with E-state index in [1.54, 1.807) is 0 Å². The number of carboxylic acid groups (broad SMARTS) is 1. The Balaban J connectivity index is 0.000000287. The molecule has 4 heteroatoms. The van der Waals surface area contributed by atoms with Crippen LogP contribution >= 0.6 is 0 Å². The summed E-state index contributed by atoms with van der Waals surface area (Å²) in [5.74, 6) is -0.935. The van der Waals surface area contributed by atoms with Crippen LogP contribution in [-0.2, 0) is 4.79 Å². The van der Waals surface area contributed by atoms with Crippen molar-refractivity contribution in [2.75, 3.05) is 13.2 Å². The van der Waals surface area contributed by atoms with Gasteiger partial charge in [0, 0.05) is 5.57 Å². The first kappa shape index (κ1) is 18.1. The lowest BCUT2D eigenvalue weighted by Crippen LogP contribution is -1.93. The molecular weight excluding hydrogens is 256 g/mol. The molecule has 0 aromatic rings. The van der Waals surface area contributed by atoms with Gasteiger partial charge in [-0.2, -0.15) is 0 Å². The Morgan fingerprint density at radius 2 is 1.75 bits per heavy atom. The Hall–Kier alpha value is -1.91. The van der Waals surface area contributed by atoms with Gasteiger partial charge in [-0.15, -0.1) is 0 Å². The quantitative estimate of drug-likeness (QED) is 0.693. The van der Waals surface area contributed by atoms with Crippen LogP contribution in [0.4, 0.5) is 0 Å². The molecule has 2 rings (SSSR count). The summed E-state index contributed by atoms with van der Waals surface area (Å²) in [6.45, 7) is 4.72. The van der Waals surface area contributed by atoms with Crippen LogP contribution in [0.3, 0.4) is 0 Å². The van der Waals surface area contributed by atoms with Crippen LogP contribution in [0.25, 0.3) is 0 Å². The van der Waals surface area contributed by atoms with E-state index in [1.807, 2.05) is 12.2 Å². The normalized spacial score (nSPS) is 14.6. The summed E-state index contributed by atoms with van der Waals surface area (Å²) in [5, 5.41) is 25.2. The number of aliphatic hydroxyl groups excluding tert-OH is 2. The number of aliphatic carboxylic acids is 1. The predicted octanol–water partition coefficient (Wildman–Crippen LogP) is 2.38. The zero-order valence-corrected chi connectivity index (χ0v) is 11.7. The van der Waals surface area contributed by atoms with Gasteiger partial charge in [-0.05, 0) is 30.9 Å². The fourth-order valence-electron chi connectivity index (χ4n) is 1.32. The van der Waals surface area contributed by atoms with Gasteiger partial charge in [0.05, 0.1) is 13.2 Å². The molecule has 0 aliphatic heterocycles. The topological polar surface area (TPSA) is 77.8 Å². The molecule has 3 N–H and O–H groups in total. The second kappa shape index (κ2) is 11.0. The van der Waals surface area contributed by atoms with Gasteiger partial charge in [0.2, 0.25) is 0 Å². The summed E-state index contributed by atoms with van der Waals surface area (Å²) < 4.78 is 0. The Kier molecular flexibility index (Phi) is 9.92. The SMILES string of the molecule is C1=CCC=C1.C=C(C)C(=O)O.OCC1=C(CO)CC=C1. The molecule has 0 heterocycles. The van der Waals surface area contributed by atoms with E-state index in [-0.39, 0.29) is 18.8 Å². The molecule has 0 atom stereocenters. The van der Waals surface area contributed by atoms with Crippen molar-refractivity contribution in [2.24, 2.45) is 0 Å². The Bertz CT molecular complexity index is 417. The van der Waals surface area contributed by atoms with E-state index in [0.717, 1.165) is 24.0 Å². The summed E-state index contributed by atoms with van der Waals surface area (Å²) in [7, 11) is 0. The van der Waals surface area contributed by atoms with Crippen LogP contribution in [0.2, 0.25) is 0 Å². The first-order valence-corrected chi connectivity index (χ1v) is 6.32. The van der Waals surface area contributed by atoms with Gasteiger partial charge in [0.1, 0.15) is 0 Å². The van der Waals surface area contributed by atoms with Gasteiger partial charge in [0.25, 0.3) is 0 Å². The molecule has 0 fully saturated rings. The maximum Gasteiger partial charge on any atom is 0.330 e. The van der Waals surface area contributed by atoms with Crippen molar-refractivity contribution in [1.82, 2.24) is 0 Å². The minimum Gasteiger partial charge on any atom is -0.478 e. The first-order valence-electron chi connectivity index (χ1n) is 6.32. The zero-order chi connectivity index (χ0) is 15.4. The molecule has 0 aromatic heterocycles. The van der Waals surface area contributed by atoms with E-state index >= 15 is 0 Å². The van der Waals surface area contributed by atoms with Crippen LogP contribution < -0.4 is 0 Å². The molecule has 2 aliphatic rings. The van der Waals surface area contributed by atoms with E-state index in [2.05, 4.69) is 30.9 Å². The third-order valence-corrected chi connectivity index (χ3v) is 2.52. The number of allylic oxidation sites excluding steroid dienone is 5. The van der Waals surface area contributed by atoms with Crippen molar-refractivity contribution < 1.29 is 20.1 Å². The van der Waals surface area contributed by atoms with E-state index < -0.39 is 5.97 Å². The highest BCUT2D eigenvalue weighted by Gasteiger charge is 2.05. The van der Waals surface area contributed by atoms with Gasteiger partial charge in [-0.1, -0.05) is 43.0 Å². The maximum atomic E-state index is 9.60. The van der Waals surface area contributed by atoms with Gasteiger partial charge >= 0.3 is 5.97 Å². The largest absolute Gasteiger partial charge is 0.478 e. The van der Waals surface area contributed by atoms with Crippen LogP contribution in [0.1, 0.15) is 19.8 Å². The fourth-order valence-corrected chi connectivity index (χ4v) is 1.32. The molecule has 0 amide bonds. The molecule has 0 saturated carbocycles. The summed E-state index contributed by atoms with van der Waals surface area (Å²) in [5.41, 5.74) is 1.99. The van der Waals surface area contributed by atoms with E-state index in [9.17, 15) is 4.79 Å². The van der Waals surface area contributed by atoms with Crippen LogP contribution in [0.5, 0.6) is 0 Å². The highest BCUT2D eigenvalue weighted by atomic mass is 16.4. The monoisotopic (exact) mass is 278 g/mol. The average Bonchev–Trinajstić information content (AvgIpc) is 3.13. The smallest absolute Gasteiger partial charge is 0.330 e. The molecule has 0 radical (unpaired) electrons. The van der Waals surface area contributed by atoms with Crippen LogP contribution in [0.15, 0.2) is 59.8 Å². The summed E-state index contributed by atoms with van der Waals surface area (Å²) >= 11 is 0. The van der Waals surface area contributed by atoms with E-state index in [1.165, 1.54) is 6.92 Å². The zero-order valence-electron chi connectivity index (χ0n) is 11.7. The highest BCUT2D eigenvalue weighted by Crippen LogP contribution is 2.16. The lowest BCUT2D eigenvalue weighted by molar-refractivity contribution is -0.132. The third kappa shape index (κ3) is 8.24. The molecule has 110 valence electrons. The van der Waals surface area contributed by atoms with Crippen molar-refractivity contribution in [2.45, 2.75) is 19.8 Å². The van der Waals surface area contributed by atoms with Crippen molar-refractivity contribution in [3.63, 3.8) is 0 Å². The molecule has 0 aromatic carbocycles. The molecule has 2 aliphatic carbocycles. The lowest BCUT2D eigenvalue weighted by atomic mass is 10.2. The first-order chi connectivity index (χ1) is 9.52. The van der Waals surface area contributed by atoms with Crippen LogP contribution in [-0.4, -0.2) is 34.5 Å². The number of hydrogen-bond acceptors (Lipinski definition) is 3. The Labute approximate surface area is 119 Å². The van der Waals surface area contributed by atoms with Gasteiger partial charge in [-0.3, -0.25) is 0 Å². The molecule has 4 nitrogen and oxygen atoms in total. The number of aliphatic hydroxyl groups is 2. The minimum atomic E-state index is -0.935. The summed E-state index contributed by atoms with van der Waals surface area (Å²) in [4.78, 5) is 9.60. The molecule has 0 bridgehead atoms. The molecule has 0 spiro atoms. The van der Waals surface area contributed by atoms with Gasteiger partial charge in [-0.25, -0.2) is 4.79 Å². The Morgan fingerprint density at radius 1 is 1.20 bits per heavy atom. The van der Waals surface area contributed by atoms with Crippen molar-refractivity contribution >= 4 is 5.97 Å². The molecule has 0 unspecified atom stereocenters. The number of carboxylic acids is 1. The predicted molar refractivity (Wildman–Crippen MR) is 80.3 cm³/mol. The number of rotatable bonds is 3. The van der Waals surface area contributed by atoms with Gasteiger partial charge in [0.15, 0.2) is 0 Å². The minimum absolute atomic E-state index is 0.0480. The maximum absolute atomic E-state index is 9.60. The molecular formula is C16H22O4. The van der Waals surface area contributed by atoms with Crippen molar-refractivity contribution in [3.8, 4) is 0 Å². The number of carbonyl (C=O) groups is 1. The van der Waals surface area contributed by atoms with E-state index in [4.69, 9.17) is 15.3 Å². The van der Waals surface area contributed by atoms with Crippen molar-refractivity contribution in [3.05, 3.63) is 59.8 Å². The molecule has 20 heavy (non-hydrogen) atoms. The van der Waals surface area contributed by atoms with Crippen molar-refractivity contribution in [1.29, 1.82) is 0 Å². The molecule has 0 saturated heterocycles. The summed E-state index contributed by atoms with van der Waals surface area (Å²) in [6.07, 6.45) is 14.1. The number of hydrogen-bond donors (Lipinski definition) is 3. The Morgan fingerprint density at radius 3 is 2.00 bits per heavy atom. The standard InChI is InChI=1S/C7H10O2.C5H6.C4H6O2/c8-4-6-2-1-3-7(6)5-9;1-2-4-5-3-1;1-3(2)4(5)6/h1-2,8-9H,3-5H2;1-4H,5H2;1H2,2H3,(H,5,6). The third-order valence-electron chi connectivity index (χ3n) is 2.52. The van der Waals surface area contributed by atoms with Crippen LogP contribution in [0, 0.1) is 0 Å². The lowest BCUT2D eigenvalue weighted by Gasteiger charge is -1.97. The second-order valence-electron chi connectivity index (χ2n) is 4.23.